The first kappa shape index (κ1) is 30.7. The summed E-state index contributed by atoms with van der Waals surface area (Å²) in [7, 11) is -1.59. The molecule has 1 N–H and O–H groups in total. The number of anilines is 1. The van der Waals surface area contributed by atoms with Crippen molar-refractivity contribution in [1.29, 1.82) is 0 Å². The van der Waals surface area contributed by atoms with E-state index in [1.165, 1.54) is 5.56 Å². The third-order valence-electron chi connectivity index (χ3n) is 7.52. The van der Waals surface area contributed by atoms with Crippen LogP contribution in [0.4, 0.5) is 5.69 Å². The zero-order valence-corrected chi connectivity index (χ0v) is 25.9. The van der Waals surface area contributed by atoms with Crippen molar-refractivity contribution in [3.05, 3.63) is 124 Å². The third kappa shape index (κ3) is 7.60. The average Bonchev–Trinajstić information content (AvgIpc) is 3.11. The van der Waals surface area contributed by atoms with E-state index in [1.54, 1.807) is 59.5 Å². The zero-order chi connectivity index (χ0) is 30.2. The Kier molecular flexibility index (Phi) is 10.4. The molecule has 2 amide bonds. The molecule has 1 atom stereocenters. The lowest BCUT2D eigenvalue weighted by atomic mass is 10.1. The van der Waals surface area contributed by atoms with Gasteiger partial charge in [0.2, 0.25) is 0 Å². The minimum atomic E-state index is -1.59. The molecule has 5 rings (SSSR count). The van der Waals surface area contributed by atoms with Crippen LogP contribution in [0, 0.1) is 0 Å². The molecule has 0 fully saturated rings. The van der Waals surface area contributed by atoms with Gasteiger partial charge in [-0.15, -0.1) is 0 Å². The van der Waals surface area contributed by atoms with Gasteiger partial charge in [0, 0.05) is 30.2 Å². The number of carbonyl (C=O) groups is 2. The molecular formula is C35H36ClN3O3S. The molecule has 0 unspecified atom stereocenters. The molecule has 0 aliphatic carbocycles. The quantitative estimate of drug-likeness (QED) is 0.173. The summed E-state index contributed by atoms with van der Waals surface area (Å²) in [6, 6.07) is 29.8. The van der Waals surface area contributed by atoms with E-state index in [2.05, 4.69) is 41.4 Å². The molecule has 4 aromatic rings. The second kappa shape index (κ2) is 14.6. The van der Waals surface area contributed by atoms with Crippen molar-refractivity contribution in [3.8, 4) is 0 Å². The topological polar surface area (TPSA) is 69.7 Å². The van der Waals surface area contributed by atoms with Crippen molar-refractivity contribution in [1.82, 2.24) is 10.2 Å². The summed E-state index contributed by atoms with van der Waals surface area (Å²) in [6.45, 7) is 5.71. The predicted molar refractivity (Wildman–Crippen MR) is 173 cm³/mol. The number of carbonyl (C=O) groups excluding carboxylic acids is 2. The molecule has 0 aromatic heterocycles. The maximum atomic E-state index is 13.8. The first-order chi connectivity index (χ1) is 20.9. The number of amides is 2. The van der Waals surface area contributed by atoms with Crippen LogP contribution in [0.25, 0.3) is 0 Å². The van der Waals surface area contributed by atoms with Crippen LogP contribution in [-0.4, -0.2) is 40.6 Å². The number of nitrogens with one attached hydrogen (secondary N) is 1. The second-order valence-electron chi connectivity index (χ2n) is 10.7. The molecule has 6 nitrogen and oxygen atoms in total. The van der Waals surface area contributed by atoms with Crippen molar-refractivity contribution >= 4 is 39.9 Å². The van der Waals surface area contributed by atoms with Crippen LogP contribution in [0.2, 0.25) is 5.02 Å². The molecule has 1 heterocycles. The lowest BCUT2D eigenvalue weighted by Crippen LogP contribution is -2.32. The lowest BCUT2D eigenvalue weighted by molar-refractivity contribution is 0.0947. The zero-order valence-electron chi connectivity index (χ0n) is 24.3. The Hall–Kier alpha value is -3.78. The summed E-state index contributed by atoms with van der Waals surface area (Å²) in [6.07, 6.45) is 3.07. The smallest absolute Gasteiger partial charge is 0.259 e. The van der Waals surface area contributed by atoms with Gasteiger partial charge in [-0.2, -0.15) is 0 Å². The van der Waals surface area contributed by atoms with Gasteiger partial charge in [0.25, 0.3) is 11.8 Å². The first-order valence-electron chi connectivity index (χ1n) is 14.7. The van der Waals surface area contributed by atoms with Crippen molar-refractivity contribution in [2.24, 2.45) is 0 Å². The first-order valence-corrected chi connectivity index (χ1v) is 16.2. The van der Waals surface area contributed by atoms with E-state index in [0.717, 1.165) is 44.5 Å². The van der Waals surface area contributed by atoms with Gasteiger partial charge in [0.15, 0.2) is 0 Å². The number of nitrogens with zero attached hydrogens (tertiary/aromatic N) is 2. The van der Waals surface area contributed by atoms with Crippen molar-refractivity contribution < 1.29 is 13.8 Å². The lowest BCUT2D eigenvalue weighted by Gasteiger charge is -2.24. The maximum Gasteiger partial charge on any atom is 0.259 e. The molecule has 0 bridgehead atoms. The molecule has 0 saturated carbocycles. The summed E-state index contributed by atoms with van der Waals surface area (Å²) < 4.78 is 13.7. The number of benzene rings is 4. The highest BCUT2D eigenvalue weighted by molar-refractivity contribution is 7.85. The number of unbranched alkanes of at least 4 members (excludes halogenated alkanes) is 1. The summed E-state index contributed by atoms with van der Waals surface area (Å²) in [5.41, 5.74) is 3.37. The summed E-state index contributed by atoms with van der Waals surface area (Å²) in [5, 5.41) is 3.61. The van der Waals surface area contributed by atoms with Gasteiger partial charge < -0.3 is 10.2 Å². The largest absolute Gasteiger partial charge is 0.352 e. The standard InChI is InChI=1S/C35H36ClN3O3S/c1-2-3-20-38(24-26-11-5-4-6-12-26)21-10-19-37-34(40)28-17-18-33-31(23-28)39(25-27-13-9-14-29(36)22-27)35(41)30-15-7-8-16-32(30)43(33)42/h4-9,11-18,22-23H,2-3,10,19-21,24-25H2,1H3,(H,37,40)/t43-/m1/s1. The number of hydrogen-bond acceptors (Lipinski definition) is 4. The van der Waals surface area contributed by atoms with E-state index in [-0.39, 0.29) is 18.4 Å². The fraction of sp³-hybridized carbons (Fsp3) is 0.257. The van der Waals surface area contributed by atoms with E-state index in [0.29, 0.717) is 38.2 Å². The number of rotatable bonds is 12. The summed E-state index contributed by atoms with van der Waals surface area (Å²) >= 11 is 6.24. The van der Waals surface area contributed by atoms with Crippen molar-refractivity contribution in [2.75, 3.05) is 24.5 Å². The third-order valence-corrected chi connectivity index (χ3v) is 9.25. The molecule has 222 valence electrons. The Balaban J connectivity index is 1.32. The van der Waals surface area contributed by atoms with Gasteiger partial charge in [0.05, 0.1) is 38.4 Å². The Labute approximate surface area is 261 Å². The minimum absolute atomic E-state index is 0.220. The summed E-state index contributed by atoms with van der Waals surface area (Å²) in [4.78, 5) is 32.1. The highest BCUT2D eigenvalue weighted by Crippen LogP contribution is 2.36. The van der Waals surface area contributed by atoms with Crippen LogP contribution in [0.15, 0.2) is 107 Å². The van der Waals surface area contributed by atoms with Gasteiger partial charge in [0.1, 0.15) is 0 Å². The number of fused-ring (bicyclic) bond motifs is 2. The molecule has 43 heavy (non-hydrogen) atoms. The molecule has 0 spiro atoms. The van der Waals surface area contributed by atoms with Gasteiger partial charge in [-0.1, -0.05) is 79.5 Å². The second-order valence-corrected chi connectivity index (χ2v) is 12.5. The van der Waals surface area contributed by atoms with E-state index in [9.17, 15) is 13.8 Å². The van der Waals surface area contributed by atoms with Crippen LogP contribution in [-0.2, 0) is 23.9 Å². The molecule has 1 aliphatic heterocycles. The molecule has 0 saturated heterocycles. The monoisotopic (exact) mass is 613 g/mol. The maximum absolute atomic E-state index is 13.8. The fourth-order valence-electron chi connectivity index (χ4n) is 5.28. The number of halogens is 1. The predicted octanol–water partition coefficient (Wildman–Crippen LogP) is 7.09. The number of hydrogen-bond donors (Lipinski definition) is 1. The van der Waals surface area contributed by atoms with Crippen LogP contribution in [0.3, 0.4) is 0 Å². The summed E-state index contributed by atoms with van der Waals surface area (Å²) in [5.74, 6) is -0.500. The molecule has 8 heteroatoms. The van der Waals surface area contributed by atoms with Gasteiger partial charge in [-0.3, -0.25) is 14.5 Å². The molecule has 4 aromatic carbocycles. The van der Waals surface area contributed by atoms with Crippen LogP contribution >= 0.6 is 11.6 Å². The van der Waals surface area contributed by atoms with Gasteiger partial charge in [-0.05, 0) is 73.0 Å². The van der Waals surface area contributed by atoms with E-state index >= 15 is 0 Å². The van der Waals surface area contributed by atoms with Crippen LogP contribution in [0.1, 0.15) is 58.0 Å². The highest BCUT2D eigenvalue weighted by Gasteiger charge is 2.31. The Morgan fingerprint density at radius 2 is 1.60 bits per heavy atom. The Bertz CT molecular complexity index is 1610. The van der Waals surface area contributed by atoms with Gasteiger partial charge >= 0.3 is 0 Å². The van der Waals surface area contributed by atoms with Crippen LogP contribution < -0.4 is 10.2 Å². The van der Waals surface area contributed by atoms with Crippen LogP contribution in [0.5, 0.6) is 0 Å². The van der Waals surface area contributed by atoms with E-state index < -0.39 is 10.8 Å². The fourth-order valence-corrected chi connectivity index (χ4v) is 6.84. The molecule has 0 radical (unpaired) electrons. The normalized spacial score (nSPS) is 14.3. The van der Waals surface area contributed by atoms with E-state index in [4.69, 9.17) is 11.6 Å². The molecule has 1 aliphatic rings. The SMILES string of the molecule is CCCCN(CCCNC(=O)c1ccc2c(c1)N(Cc1cccc(Cl)c1)C(=O)c1ccccc1[S@]2=O)Cc1ccccc1. The average molecular weight is 614 g/mol. The van der Waals surface area contributed by atoms with Crippen molar-refractivity contribution in [2.45, 2.75) is 49.1 Å². The molecular weight excluding hydrogens is 578 g/mol. The van der Waals surface area contributed by atoms with Crippen molar-refractivity contribution in [3.63, 3.8) is 0 Å². The Morgan fingerprint density at radius 1 is 0.860 bits per heavy atom. The van der Waals surface area contributed by atoms with Gasteiger partial charge in [-0.25, -0.2) is 4.21 Å². The van der Waals surface area contributed by atoms with E-state index in [1.807, 2.05) is 18.2 Å². The minimum Gasteiger partial charge on any atom is -0.352 e. The highest BCUT2D eigenvalue weighted by atomic mass is 35.5. The Morgan fingerprint density at radius 3 is 2.40 bits per heavy atom.